The van der Waals surface area contributed by atoms with Gasteiger partial charge in [-0.2, -0.15) is 5.48 Å². The number of hydrogen-bond donors (Lipinski definition) is 3. The summed E-state index contributed by atoms with van der Waals surface area (Å²) in [7, 11) is 1.00. The lowest BCUT2D eigenvalue weighted by Gasteiger charge is -2.06. The van der Waals surface area contributed by atoms with Crippen LogP contribution in [0.4, 0.5) is 0 Å². The number of carbonyl (C=O) groups is 1. The Morgan fingerprint density at radius 1 is 1.36 bits per heavy atom. The fourth-order valence-electron chi connectivity index (χ4n) is 0.992. The van der Waals surface area contributed by atoms with Crippen LogP contribution < -0.4 is 5.48 Å². The minimum Gasteiger partial charge on any atom is -0.400 e. The summed E-state index contributed by atoms with van der Waals surface area (Å²) in [6, 6.07) is 9.02. The summed E-state index contributed by atoms with van der Waals surface area (Å²) in [5, 5.41) is 15.5. The molecule has 0 fully saturated rings. The van der Waals surface area contributed by atoms with Crippen molar-refractivity contribution in [3.63, 3.8) is 0 Å². The lowest BCUT2D eigenvalue weighted by molar-refractivity contribution is -0.111. The van der Waals surface area contributed by atoms with Gasteiger partial charge in [0.15, 0.2) is 0 Å². The first-order valence-electron chi connectivity index (χ1n) is 4.20. The highest BCUT2D eigenvalue weighted by molar-refractivity contribution is 5.57. The average molecular weight is 197 g/mol. The van der Waals surface area contributed by atoms with Crippen molar-refractivity contribution in [2.45, 2.75) is 12.5 Å². The number of hydroxylamine groups is 1. The van der Waals surface area contributed by atoms with Gasteiger partial charge in [0.25, 0.3) is 0 Å². The number of benzene rings is 1. The van der Waals surface area contributed by atoms with Gasteiger partial charge in [0.1, 0.15) is 6.29 Å². The van der Waals surface area contributed by atoms with E-state index in [9.17, 15) is 4.79 Å². The Morgan fingerprint density at radius 2 is 1.93 bits per heavy atom. The van der Waals surface area contributed by atoms with Crippen LogP contribution in [-0.4, -0.2) is 29.8 Å². The molecule has 0 radical (unpaired) electrons. The summed E-state index contributed by atoms with van der Waals surface area (Å²) in [4.78, 5) is 10.3. The van der Waals surface area contributed by atoms with Gasteiger partial charge in [0, 0.05) is 7.11 Å². The van der Waals surface area contributed by atoms with Gasteiger partial charge in [0.2, 0.25) is 0 Å². The zero-order valence-corrected chi connectivity index (χ0v) is 8.05. The predicted octanol–water partition coefficient (Wildman–Crippen LogP) is 0.384. The van der Waals surface area contributed by atoms with E-state index in [2.05, 4.69) is 0 Å². The smallest absolute Gasteiger partial charge is 0.139 e. The Kier molecular flexibility index (Phi) is 7.64. The molecule has 1 rings (SSSR count). The molecule has 0 aliphatic rings. The maximum absolute atomic E-state index is 10.3. The third-order valence-corrected chi connectivity index (χ3v) is 1.63. The summed E-state index contributed by atoms with van der Waals surface area (Å²) in [5.41, 5.74) is 2.96. The standard InChI is InChI=1S/C9H11NO2.CH4O/c11-7-9(10-12)6-8-4-2-1-3-5-8;1-2/h1-5,7,9-10,12H,6H2;2H,1H3. The monoisotopic (exact) mass is 197 g/mol. The fourth-order valence-corrected chi connectivity index (χ4v) is 0.992. The van der Waals surface area contributed by atoms with Gasteiger partial charge in [-0.15, -0.1) is 0 Å². The number of carbonyl (C=O) groups excluding carboxylic acids is 1. The Bertz CT molecular complexity index is 238. The molecule has 1 aromatic carbocycles. The summed E-state index contributed by atoms with van der Waals surface area (Å²) in [6.45, 7) is 0. The van der Waals surface area contributed by atoms with Crippen LogP contribution in [0.15, 0.2) is 30.3 Å². The van der Waals surface area contributed by atoms with Crippen molar-refractivity contribution in [3.8, 4) is 0 Å². The maximum Gasteiger partial charge on any atom is 0.139 e. The van der Waals surface area contributed by atoms with Crippen molar-refractivity contribution in [1.29, 1.82) is 0 Å². The van der Waals surface area contributed by atoms with Gasteiger partial charge in [-0.05, 0) is 12.0 Å². The zero-order chi connectivity index (χ0) is 10.8. The van der Waals surface area contributed by atoms with E-state index in [1.54, 1.807) is 0 Å². The second-order valence-corrected chi connectivity index (χ2v) is 2.56. The van der Waals surface area contributed by atoms with Crippen LogP contribution in [0.5, 0.6) is 0 Å². The molecule has 1 aromatic rings. The number of aliphatic hydroxyl groups excluding tert-OH is 1. The SMILES string of the molecule is CO.O=CC(Cc1ccccc1)NO. The Hall–Kier alpha value is -1.23. The minimum atomic E-state index is -0.507. The molecule has 0 heterocycles. The molecule has 0 aliphatic carbocycles. The highest BCUT2D eigenvalue weighted by atomic mass is 16.5. The summed E-state index contributed by atoms with van der Waals surface area (Å²) in [5.74, 6) is 0. The van der Waals surface area contributed by atoms with Gasteiger partial charge in [-0.25, -0.2) is 0 Å². The molecule has 4 heteroatoms. The normalized spacial score (nSPS) is 11.1. The first kappa shape index (κ1) is 12.8. The molecule has 1 atom stereocenters. The first-order chi connectivity index (χ1) is 6.86. The van der Waals surface area contributed by atoms with Crippen LogP contribution >= 0.6 is 0 Å². The number of rotatable bonds is 4. The van der Waals surface area contributed by atoms with E-state index < -0.39 is 6.04 Å². The molecule has 0 saturated heterocycles. The molecule has 3 N–H and O–H groups in total. The molecule has 1 unspecified atom stereocenters. The van der Waals surface area contributed by atoms with E-state index in [1.165, 1.54) is 0 Å². The largest absolute Gasteiger partial charge is 0.400 e. The highest BCUT2D eigenvalue weighted by Crippen LogP contribution is 2.00. The van der Waals surface area contributed by atoms with Crippen LogP contribution in [-0.2, 0) is 11.2 Å². The molecule has 0 saturated carbocycles. The van der Waals surface area contributed by atoms with Gasteiger partial charge < -0.3 is 15.1 Å². The zero-order valence-electron chi connectivity index (χ0n) is 8.05. The van der Waals surface area contributed by atoms with Gasteiger partial charge in [-0.3, -0.25) is 0 Å². The number of aliphatic hydroxyl groups is 1. The van der Waals surface area contributed by atoms with Crippen LogP contribution in [0.25, 0.3) is 0 Å². The van der Waals surface area contributed by atoms with Crippen molar-refractivity contribution in [1.82, 2.24) is 5.48 Å². The average Bonchev–Trinajstić information content (AvgIpc) is 2.30. The number of nitrogens with one attached hydrogen (secondary N) is 1. The van der Waals surface area contributed by atoms with E-state index in [0.717, 1.165) is 12.7 Å². The van der Waals surface area contributed by atoms with E-state index >= 15 is 0 Å². The Morgan fingerprint density at radius 3 is 2.36 bits per heavy atom. The lowest BCUT2D eigenvalue weighted by atomic mass is 10.1. The van der Waals surface area contributed by atoms with Gasteiger partial charge >= 0.3 is 0 Å². The van der Waals surface area contributed by atoms with E-state index in [-0.39, 0.29) is 0 Å². The first-order valence-corrected chi connectivity index (χ1v) is 4.20. The fraction of sp³-hybridized carbons (Fsp3) is 0.300. The summed E-state index contributed by atoms with van der Waals surface area (Å²) < 4.78 is 0. The number of hydrogen-bond acceptors (Lipinski definition) is 4. The molecular formula is C10H15NO3. The third-order valence-electron chi connectivity index (χ3n) is 1.63. The van der Waals surface area contributed by atoms with E-state index in [1.807, 2.05) is 35.8 Å². The molecule has 0 amide bonds. The van der Waals surface area contributed by atoms with Crippen molar-refractivity contribution in [2.75, 3.05) is 7.11 Å². The summed E-state index contributed by atoms with van der Waals surface area (Å²) in [6.07, 6.45) is 1.20. The molecular weight excluding hydrogens is 182 g/mol. The predicted molar refractivity (Wildman–Crippen MR) is 53.1 cm³/mol. The Labute approximate surface area is 83.2 Å². The topological polar surface area (TPSA) is 69.6 Å². The van der Waals surface area contributed by atoms with Crippen LogP contribution in [0, 0.1) is 0 Å². The van der Waals surface area contributed by atoms with Crippen LogP contribution in [0.1, 0.15) is 5.56 Å². The van der Waals surface area contributed by atoms with E-state index in [4.69, 9.17) is 10.3 Å². The van der Waals surface area contributed by atoms with Gasteiger partial charge in [0.05, 0.1) is 6.04 Å². The molecule has 0 aliphatic heterocycles. The molecule has 14 heavy (non-hydrogen) atoms. The molecule has 0 bridgehead atoms. The second-order valence-electron chi connectivity index (χ2n) is 2.56. The van der Waals surface area contributed by atoms with Gasteiger partial charge in [-0.1, -0.05) is 30.3 Å². The number of aldehydes is 1. The minimum absolute atomic E-state index is 0.507. The second kappa shape index (κ2) is 8.37. The summed E-state index contributed by atoms with van der Waals surface area (Å²) >= 11 is 0. The van der Waals surface area contributed by atoms with E-state index in [0.29, 0.717) is 12.7 Å². The molecule has 78 valence electrons. The van der Waals surface area contributed by atoms with Crippen molar-refractivity contribution >= 4 is 6.29 Å². The lowest BCUT2D eigenvalue weighted by Crippen LogP contribution is -2.29. The quantitative estimate of drug-likeness (QED) is 0.482. The highest BCUT2D eigenvalue weighted by Gasteiger charge is 2.04. The molecule has 0 spiro atoms. The van der Waals surface area contributed by atoms with Crippen molar-refractivity contribution < 1.29 is 15.1 Å². The molecule has 0 aromatic heterocycles. The Balaban J connectivity index is 0.000000791. The third kappa shape index (κ3) is 4.71. The van der Waals surface area contributed by atoms with Crippen molar-refractivity contribution in [3.05, 3.63) is 35.9 Å². The van der Waals surface area contributed by atoms with Crippen LogP contribution in [0.2, 0.25) is 0 Å². The maximum atomic E-state index is 10.3. The van der Waals surface area contributed by atoms with Crippen molar-refractivity contribution in [2.24, 2.45) is 0 Å². The molecule has 4 nitrogen and oxygen atoms in total. The van der Waals surface area contributed by atoms with Crippen LogP contribution in [0.3, 0.4) is 0 Å².